The molecule has 0 spiro atoms. The Balaban J connectivity index is 1.91. The molecule has 142 valence electrons. The van der Waals surface area contributed by atoms with E-state index in [4.69, 9.17) is 4.74 Å². The first kappa shape index (κ1) is 18.7. The molecule has 0 aliphatic carbocycles. The standard InChI is InChI=1S/C20H27FN2O3/c1-4-20(5-2)18(22-19(20)25)14-10-15(21)16(11-17(14)26-3)23-8-6-13(12-24)7-9-23/h10-13,18H,4-9H2,1-3H3,(H,22,25)/t18-/m0/s1. The molecule has 2 aliphatic heterocycles. The van der Waals surface area contributed by atoms with Crippen molar-refractivity contribution in [3.05, 3.63) is 23.5 Å². The van der Waals surface area contributed by atoms with E-state index in [0.717, 1.165) is 19.1 Å². The van der Waals surface area contributed by atoms with Crippen LogP contribution in [0, 0.1) is 17.2 Å². The SMILES string of the molecule is CCC1(CC)C(=O)N[C@H]1c1cc(F)c(N2CCC(C=O)CC2)cc1OC. The van der Waals surface area contributed by atoms with Crippen molar-refractivity contribution in [3.8, 4) is 5.75 Å². The fourth-order valence-electron chi connectivity index (χ4n) is 4.30. The Morgan fingerprint density at radius 1 is 1.31 bits per heavy atom. The molecule has 0 bridgehead atoms. The van der Waals surface area contributed by atoms with Crippen molar-refractivity contribution in [2.75, 3.05) is 25.1 Å². The van der Waals surface area contributed by atoms with Crippen LogP contribution in [-0.4, -0.2) is 32.4 Å². The lowest BCUT2D eigenvalue weighted by Crippen LogP contribution is -2.60. The Hall–Kier alpha value is -2.11. The minimum atomic E-state index is -0.496. The van der Waals surface area contributed by atoms with Crippen LogP contribution in [0.25, 0.3) is 0 Å². The van der Waals surface area contributed by atoms with E-state index in [0.29, 0.717) is 42.9 Å². The van der Waals surface area contributed by atoms with E-state index >= 15 is 0 Å². The van der Waals surface area contributed by atoms with Gasteiger partial charge in [0.25, 0.3) is 0 Å². The van der Waals surface area contributed by atoms with Crippen molar-refractivity contribution in [2.24, 2.45) is 11.3 Å². The number of carbonyl (C=O) groups is 2. The quantitative estimate of drug-likeness (QED) is 0.624. The fraction of sp³-hybridized carbons (Fsp3) is 0.600. The van der Waals surface area contributed by atoms with Crippen LogP contribution in [0.15, 0.2) is 12.1 Å². The average Bonchev–Trinajstić information content (AvgIpc) is 2.67. The Morgan fingerprint density at radius 3 is 2.46 bits per heavy atom. The molecule has 1 aromatic carbocycles. The molecule has 2 heterocycles. The number of rotatable bonds is 6. The van der Waals surface area contributed by atoms with Crippen LogP contribution < -0.4 is 15.0 Å². The zero-order chi connectivity index (χ0) is 18.9. The number of carbonyl (C=O) groups excluding carboxylic acids is 2. The van der Waals surface area contributed by atoms with E-state index in [1.165, 1.54) is 6.07 Å². The summed E-state index contributed by atoms with van der Waals surface area (Å²) >= 11 is 0. The monoisotopic (exact) mass is 362 g/mol. The van der Waals surface area contributed by atoms with Crippen LogP contribution in [0.1, 0.15) is 51.1 Å². The Morgan fingerprint density at radius 2 is 1.96 bits per heavy atom. The summed E-state index contributed by atoms with van der Waals surface area (Å²) in [5.41, 5.74) is 0.697. The van der Waals surface area contributed by atoms with Crippen molar-refractivity contribution >= 4 is 17.9 Å². The maximum absolute atomic E-state index is 14.9. The van der Waals surface area contributed by atoms with E-state index in [1.54, 1.807) is 13.2 Å². The molecule has 3 rings (SSSR count). The van der Waals surface area contributed by atoms with Crippen molar-refractivity contribution in [3.63, 3.8) is 0 Å². The third-order valence-electron chi connectivity index (χ3n) is 6.22. The summed E-state index contributed by atoms with van der Waals surface area (Å²) in [6.45, 7) is 5.28. The molecule has 0 radical (unpaired) electrons. The smallest absolute Gasteiger partial charge is 0.229 e. The summed E-state index contributed by atoms with van der Waals surface area (Å²) in [6, 6.07) is 3.00. The Labute approximate surface area is 153 Å². The highest BCUT2D eigenvalue weighted by atomic mass is 19.1. The lowest BCUT2D eigenvalue weighted by Gasteiger charge is -2.48. The van der Waals surface area contributed by atoms with Gasteiger partial charge in [0, 0.05) is 30.6 Å². The molecule has 0 aromatic heterocycles. The van der Waals surface area contributed by atoms with E-state index in [2.05, 4.69) is 5.32 Å². The van der Waals surface area contributed by atoms with Crippen molar-refractivity contribution < 1.29 is 18.7 Å². The number of benzene rings is 1. The largest absolute Gasteiger partial charge is 0.496 e. The van der Waals surface area contributed by atoms with Crippen molar-refractivity contribution in [2.45, 2.75) is 45.6 Å². The molecule has 0 saturated carbocycles. The molecule has 1 aromatic rings. The highest BCUT2D eigenvalue weighted by Crippen LogP contribution is 2.50. The minimum Gasteiger partial charge on any atom is -0.496 e. The van der Waals surface area contributed by atoms with Gasteiger partial charge in [-0.25, -0.2) is 4.39 Å². The van der Waals surface area contributed by atoms with Crippen molar-refractivity contribution in [1.82, 2.24) is 5.32 Å². The van der Waals surface area contributed by atoms with Crippen LogP contribution >= 0.6 is 0 Å². The number of methoxy groups -OCH3 is 1. The summed E-state index contributed by atoms with van der Waals surface area (Å²) in [7, 11) is 1.57. The van der Waals surface area contributed by atoms with Crippen LogP contribution in [0.3, 0.4) is 0 Å². The zero-order valence-electron chi connectivity index (χ0n) is 15.7. The summed E-state index contributed by atoms with van der Waals surface area (Å²) in [5.74, 6) is 0.369. The predicted octanol–water partition coefficient (Wildman–Crippen LogP) is 3.23. The number of anilines is 1. The van der Waals surface area contributed by atoms with Gasteiger partial charge in [-0.2, -0.15) is 0 Å². The van der Waals surface area contributed by atoms with Crippen LogP contribution in [0.2, 0.25) is 0 Å². The van der Waals surface area contributed by atoms with Gasteiger partial charge in [-0.05, 0) is 31.7 Å². The molecule has 1 N–H and O–H groups in total. The maximum Gasteiger partial charge on any atom is 0.229 e. The molecule has 1 amide bonds. The van der Waals surface area contributed by atoms with E-state index in [9.17, 15) is 14.0 Å². The number of amides is 1. The van der Waals surface area contributed by atoms with Gasteiger partial charge in [0.05, 0.1) is 24.3 Å². The van der Waals surface area contributed by atoms with Gasteiger partial charge >= 0.3 is 0 Å². The first-order chi connectivity index (χ1) is 12.5. The highest BCUT2D eigenvalue weighted by molar-refractivity contribution is 5.91. The summed E-state index contributed by atoms with van der Waals surface area (Å²) < 4.78 is 20.5. The number of halogens is 1. The predicted molar refractivity (Wildman–Crippen MR) is 97.9 cm³/mol. The van der Waals surface area contributed by atoms with Gasteiger partial charge in [-0.1, -0.05) is 13.8 Å². The summed E-state index contributed by atoms with van der Waals surface area (Å²) in [5, 5.41) is 2.93. The first-order valence-electron chi connectivity index (χ1n) is 9.39. The molecule has 2 aliphatic rings. The second-order valence-corrected chi connectivity index (χ2v) is 7.28. The molecule has 2 saturated heterocycles. The topological polar surface area (TPSA) is 58.6 Å². The van der Waals surface area contributed by atoms with Crippen LogP contribution in [0.4, 0.5) is 10.1 Å². The molecular formula is C20H27FN2O3. The third-order valence-corrected chi connectivity index (χ3v) is 6.22. The molecule has 26 heavy (non-hydrogen) atoms. The minimum absolute atomic E-state index is 0.0231. The second kappa shape index (κ2) is 7.25. The molecule has 6 heteroatoms. The molecule has 5 nitrogen and oxygen atoms in total. The maximum atomic E-state index is 14.9. The number of piperidine rings is 1. The number of nitrogens with zero attached hydrogens (tertiary/aromatic N) is 1. The van der Waals surface area contributed by atoms with Crippen LogP contribution in [0.5, 0.6) is 5.75 Å². The van der Waals surface area contributed by atoms with Gasteiger partial charge in [0.1, 0.15) is 17.9 Å². The highest BCUT2D eigenvalue weighted by Gasteiger charge is 2.53. The van der Waals surface area contributed by atoms with Gasteiger partial charge in [-0.3, -0.25) is 4.79 Å². The lowest BCUT2D eigenvalue weighted by atomic mass is 9.66. The normalized spacial score (nSPS) is 22.5. The number of β-lactam (4-membered cyclic amide) rings is 1. The summed E-state index contributed by atoms with van der Waals surface area (Å²) in [6.07, 6.45) is 3.87. The third kappa shape index (κ3) is 2.85. The Bertz CT molecular complexity index is 695. The van der Waals surface area contributed by atoms with Gasteiger partial charge in [0.15, 0.2) is 0 Å². The molecule has 1 atom stereocenters. The fourth-order valence-corrected chi connectivity index (χ4v) is 4.30. The Kier molecular flexibility index (Phi) is 5.21. The van der Waals surface area contributed by atoms with Crippen LogP contribution in [-0.2, 0) is 9.59 Å². The van der Waals surface area contributed by atoms with E-state index < -0.39 is 5.41 Å². The molecular weight excluding hydrogens is 335 g/mol. The van der Waals surface area contributed by atoms with Gasteiger partial charge < -0.3 is 19.7 Å². The van der Waals surface area contributed by atoms with E-state index in [-0.39, 0.29) is 23.7 Å². The van der Waals surface area contributed by atoms with E-state index in [1.807, 2.05) is 18.7 Å². The lowest BCUT2D eigenvalue weighted by molar-refractivity contribution is -0.147. The summed E-state index contributed by atoms with van der Waals surface area (Å²) in [4.78, 5) is 25.1. The number of ether oxygens (including phenoxy) is 1. The number of hydrogen-bond acceptors (Lipinski definition) is 4. The average molecular weight is 362 g/mol. The number of nitrogens with one attached hydrogen (secondary N) is 1. The number of aldehydes is 1. The zero-order valence-corrected chi connectivity index (χ0v) is 15.7. The van der Waals surface area contributed by atoms with Crippen molar-refractivity contribution in [1.29, 1.82) is 0 Å². The van der Waals surface area contributed by atoms with Gasteiger partial charge in [-0.15, -0.1) is 0 Å². The van der Waals surface area contributed by atoms with Gasteiger partial charge in [0.2, 0.25) is 5.91 Å². The first-order valence-corrected chi connectivity index (χ1v) is 9.39. The second-order valence-electron chi connectivity index (χ2n) is 7.28. The number of hydrogen-bond donors (Lipinski definition) is 1. The molecule has 0 unspecified atom stereocenters. The molecule has 2 fully saturated rings.